The second-order valence-electron chi connectivity index (χ2n) is 11.2. The Kier molecular flexibility index (Phi) is 8.38. The Bertz CT molecular complexity index is 1520. The zero-order chi connectivity index (χ0) is 28.3. The van der Waals surface area contributed by atoms with Gasteiger partial charge in [-0.3, -0.25) is 4.79 Å². The molecule has 1 heterocycles. The molecule has 0 unspecified atom stereocenters. The number of nitrogens with zero attached hydrogens (tertiary/aromatic N) is 1. The third-order valence-electron chi connectivity index (χ3n) is 7.33. The third kappa shape index (κ3) is 6.62. The Hall–Kier alpha value is -3.48. The topological polar surface area (TPSA) is 50.7 Å². The number of benzene rings is 3. The molecule has 5 rings (SSSR count). The number of ether oxygens (including phenoxy) is 1. The molecule has 1 aliphatic rings. The van der Waals surface area contributed by atoms with Gasteiger partial charge in [0, 0.05) is 27.4 Å². The van der Waals surface area contributed by atoms with Gasteiger partial charge in [0.1, 0.15) is 23.2 Å². The number of hydrogen-bond acceptors (Lipinski definition) is 4. The number of carbonyl (C=O) groups excluding carboxylic acids is 1. The number of rotatable bonds is 7. The average Bonchev–Trinajstić information content (AvgIpc) is 3.30. The predicted molar refractivity (Wildman–Crippen MR) is 163 cm³/mol. The Labute approximate surface area is 243 Å². The molecule has 40 heavy (non-hydrogen) atoms. The summed E-state index contributed by atoms with van der Waals surface area (Å²) in [6.45, 7) is 7.12. The van der Waals surface area contributed by atoms with Crippen LogP contribution in [0.2, 0.25) is 5.02 Å². The van der Waals surface area contributed by atoms with Crippen molar-refractivity contribution >= 4 is 45.7 Å². The molecule has 7 heteroatoms. The molecule has 206 valence electrons. The lowest BCUT2D eigenvalue weighted by Crippen LogP contribution is -2.27. The molecule has 1 aromatic heterocycles. The van der Waals surface area contributed by atoms with E-state index in [4.69, 9.17) is 21.3 Å². The molecule has 1 amide bonds. The van der Waals surface area contributed by atoms with Gasteiger partial charge in [-0.2, -0.15) is 0 Å². The van der Waals surface area contributed by atoms with Crippen LogP contribution in [0.3, 0.4) is 0 Å². The average molecular weight is 575 g/mol. The van der Waals surface area contributed by atoms with E-state index in [1.54, 1.807) is 47.9 Å². The molecule has 4 aromatic rings. The highest BCUT2D eigenvalue weighted by molar-refractivity contribution is 7.16. The number of para-hydroxylation sites is 1. The van der Waals surface area contributed by atoms with Crippen molar-refractivity contribution in [3.63, 3.8) is 0 Å². The predicted octanol–water partition coefficient (Wildman–Crippen LogP) is 9.27. The molecule has 1 atom stereocenters. The zero-order valence-electron chi connectivity index (χ0n) is 22.8. The van der Waals surface area contributed by atoms with Crippen molar-refractivity contribution in [1.29, 1.82) is 0 Å². The minimum absolute atomic E-state index is 0.149. The maximum absolute atomic E-state index is 13.6. The summed E-state index contributed by atoms with van der Waals surface area (Å²) in [5.74, 6) is 0.702. The minimum atomic E-state index is -0.289. The molecule has 1 aliphatic carbocycles. The maximum Gasteiger partial charge on any atom is 0.259 e. The van der Waals surface area contributed by atoms with Crippen molar-refractivity contribution in [1.82, 2.24) is 0 Å². The lowest BCUT2D eigenvalue weighted by atomic mass is 9.72. The Morgan fingerprint density at radius 2 is 1.88 bits per heavy atom. The van der Waals surface area contributed by atoms with E-state index >= 15 is 0 Å². The summed E-state index contributed by atoms with van der Waals surface area (Å²) in [6, 6.07) is 21.0. The summed E-state index contributed by atoms with van der Waals surface area (Å²) >= 11 is 7.92. The van der Waals surface area contributed by atoms with Crippen molar-refractivity contribution in [2.75, 3.05) is 5.32 Å². The fraction of sp³-hybridized carbons (Fsp3) is 0.273. The van der Waals surface area contributed by atoms with E-state index in [2.05, 4.69) is 26.1 Å². The molecular weight excluding hydrogens is 543 g/mol. The number of hydrogen-bond donors (Lipinski definition) is 1. The third-order valence-corrected chi connectivity index (χ3v) is 8.73. The Morgan fingerprint density at radius 3 is 2.60 bits per heavy atom. The van der Waals surface area contributed by atoms with Gasteiger partial charge in [0.05, 0.1) is 5.56 Å². The first-order valence-corrected chi connectivity index (χ1v) is 14.6. The van der Waals surface area contributed by atoms with Gasteiger partial charge >= 0.3 is 0 Å². The van der Waals surface area contributed by atoms with Crippen LogP contribution in [0.1, 0.15) is 59.1 Å². The van der Waals surface area contributed by atoms with Gasteiger partial charge in [-0.15, -0.1) is 11.3 Å². The fourth-order valence-electron chi connectivity index (χ4n) is 4.97. The number of aliphatic imine (C=N–C) groups is 1. The summed E-state index contributed by atoms with van der Waals surface area (Å²) in [6.07, 6.45) is 4.54. The molecule has 0 fully saturated rings. The van der Waals surface area contributed by atoms with Gasteiger partial charge in [0.25, 0.3) is 5.91 Å². The van der Waals surface area contributed by atoms with E-state index in [-0.39, 0.29) is 23.7 Å². The van der Waals surface area contributed by atoms with Gasteiger partial charge in [-0.25, -0.2) is 9.38 Å². The molecular formula is C33H32ClFN2O2S. The van der Waals surface area contributed by atoms with E-state index in [0.717, 1.165) is 36.1 Å². The number of thiophene rings is 1. The highest BCUT2D eigenvalue weighted by Crippen LogP contribution is 2.45. The number of halogens is 2. The molecule has 0 bridgehead atoms. The van der Waals surface area contributed by atoms with Crippen molar-refractivity contribution < 1.29 is 13.9 Å². The highest BCUT2D eigenvalue weighted by Gasteiger charge is 2.33. The standard InChI is InChI=1S/C33H32ClFN2O2S/c1-33(2,3)23-11-15-27-29(18-23)40-32(30(27)31(38)37-26-7-5-4-6-8-26)36-19-22-17-24(34)12-16-28(22)39-20-21-9-13-25(35)14-10-21/h4-10,12-14,16-17,19,23H,11,15,18,20H2,1-3H3,(H,37,38)/t23-/m0/s1. The normalized spacial score (nSPS) is 15.2. The Balaban J connectivity index is 1.46. The van der Waals surface area contributed by atoms with Crippen LogP contribution in [0.4, 0.5) is 15.1 Å². The summed E-state index contributed by atoms with van der Waals surface area (Å²) in [7, 11) is 0. The van der Waals surface area contributed by atoms with Crippen LogP contribution in [0.15, 0.2) is 77.8 Å². The molecule has 0 saturated carbocycles. The smallest absolute Gasteiger partial charge is 0.259 e. The fourth-order valence-corrected chi connectivity index (χ4v) is 6.42. The van der Waals surface area contributed by atoms with Gasteiger partial charge in [-0.1, -0.05) is 62.7 Å². The first-order valence-electron chi connectivity index (χ1n) is 13.4. The quantitative estimate of drug-likeness (QED) is 0.224. The lowest BCUT2D eigenvalue weighted by molar-refractivity contribution is 0.102. The summed E-state index contributed by atoms with van der Waals surface area (Å²) in [5, 5.41) is 4.29. The first kappa shape index (κ1) is 28.1. The van der Waals surface area contributed by atoms with Crippen LogP contribution in [0.25, 0.3) is 0 Å². The first-order chi connectivity index (χ1) is 19.2. The summed E-state index contributed by atoms with van der Waals surface area (Å²) < 4.78 is 19.3. The molecule has 1 N–H and O–H groups in total. The molecule has 0 spiro atoms. The molecule has 0 aliphatic heterocycles. The van der Waals surface area contributed by atoms with Crippen molar-refractivity contribution in [3.8, 4) is 5.75 Å². The van der Waals surface area contributed by atoms with Crippen LogP contribution < -0.4 is 10.1 Å². The van der Waals surface area contributed by atoms with Gasteiger partial charge in [-0.05, 0) is 84.2 Å². The van der Waals surface area contributed by atoms with E-state index in [0.29, 0.717) is 32.8 Å². The van der Waals surface area contributed by atoms with Crippen molar-refractivity contribution in [2.24, 2.45) is 16.3 Å². The van der Waals surface area contributed by atoms with E-state index < -0.39 is 0 Å². The number of carbonyl (C=O) groups is 1. The Morgan fingerprint density at radius 1 is 1.12 bits per heavy atom. The lowest BCUT2D eigenvalue weighted by Gasteiger charge is -2.33. The molecule has 0 saturated heterocycles. The van der Waals surface area contributed by atoms with Gasteiger partial charge in [0.15, 0.2) is 0 Å². The van der Waals surface area contributed by atoms with Crippen LogP contribution in [0.5, 0.6) is 5.75 Å². The van der Waals surface area contributed by atoms with Crippen LogP contribution in [0, 0.1) is 17.2 Å². The monoisotopic (exact) mass is 574 g/mol. The second kappa shape index (κ2) is 11.9. The number of nitrogens with one attached hydrogen (secondary N) is 1. The summed E-state index contributed by atoms with van der Waals surface area (Å²) in [4.78, 5) is 19.7. The molecule has 3 aromatic carbocycles. The van der Waals surface area contributed by atoms with Gasteiger partial charge < -0.3 is 10.1 Å². The number of fused-ring (bicyclic) bond motifs is 1. The minimum Gasteiger partial charge on any atom is -0.488 e. The van der Waals surface area contributed by atoms with E-state index in [9.17, 15) is 9.18 Å². The van der Waals surface area contributed by atoms with Crippen LogP contribution in [-0.2, 0) is 19.4 Å². The molecule has 4 nitrogen and oxygen atoms in total. The van der Waals surface area contributed by atoms with Crippen molar-refractivity contribution in [2.45, 2.75) is 46.6 Å². The summed E-state index contributed by atoms with van der Waals surface area (Å²) in [5.41, 5.74) is 4.22. The highest BCUT2D eigenvalue weighted by atomic mass is 35.5. The zero-order valence-corrected chi connectivity index (χ0v) is 24.4. The van der Waals surface area contributed by atoms with E-state index in [1.165, 1.54) is 17.0 Å². The SMILES string of the molecule is CC(C)(C)[C@H]1CCc2c(sc(N=Cc3cc(Cl)ccc3OCc3ccc(F)cc3)c2C(=O)Nc2ccccc2)C1. The number of amides is 1. The van der Waals surface area contributed by atoms with Crippen LogP contribution >= 0.6 is 22.9 Å². The number of anilines is 1. The second-order valence-corrected chi connectivity index (χ2v) is 12.7. The molecule has 0 radical (unpaired) electrons. The van der Waals surface area contributed by atoms with Crippen LogP contribution in [-0.4, -0.2) is 12.1 Å². The van der Waals surface area contributed by atoms with Gasteiger partial charge in [0.2, 0.25) is 0 Å². The van der Waals surface area contributed by atoms with E-state index in [1.807, 2.05) is 30.3 Å². The largest absolute Gasteiger partial charge is 0.488 e. The van der Waals surface area contributed by atoms with Crippen molar-refractivity contribution in [3.05, 3.63) is 111 Å². The maximum atomic E-state index is 13.6.